The number of esters is 1. The monoisotopic (exact) mass is 376 g/mol. The summed E-state index contributed by atoms with van der Waals surface area (Å²) < 4.78 is 15.8. The predicted octanol–water partition coefficient (Wildman–Crippen LogP) is 4.06. The minimum atomic E-state index is -0.777. The molecule has 7 heteroatoms. The molecule has 2 heterocycles. The van der Waals surface area contributed by atoms with Gasteiger partial charge in [0.05, 0.1) is 14.2 Å². The van der Waals surface area contributed by atoms with Crippen LogP contribution >= 0.6 is 0 Å². The first-order valence-corrected chi connectivity index (χ1v) is 8.44. The Hall–Kier alpha value is -3.87. The van der Waals surface area contributed by atoms with Crippen LogP contribution in [-0.4, -0.2) is 35.3 Å². The lowest BCUT2D eigenvalue weighted by molar-refractivity contribution is 0.0590. The first kappa shape index (κ1) is 17.5. The Morgan fingerprint density at radius 1 is 1.00 bits per heavy atom. The number of oxazole rings is 1. The first-order valence-electron chi connectivity index (χ1n) is 8.44. The Kier molecular flexibility index (Phi) is 4.41. The van der Waals surface area contributed by atoms with Gasteiger partial charge in [0.2, 0.25) is 11.5 Å². The number of nitrogens with zero attached hydrogens (tertiary/aromatic N) is 2. The van der Waals surface area contributed by atoms with Crippen molar-refractivity contribution in [3.63, 3.8) is 0 Å². The number of benzene rings is 2. The molecular formula is C21H16N2O5. The Bertz CT molecular complexity index is 1170. The van der Waals surface area contributed by atoms with Crippen molar-refractivity contribution in [3.05, 3.63) is 60.3 Å². The van der Waals surface area contributed by atoms with E-state index in [1.807, 2.05) is 30.3 Å². The van der Waals surface area contributed by atoms with Crippen molar-refractivity contribution in [3.8, 4) is 34.2 Å². The average Bonchev–Trinajstić information content (AvgIpc) is 3.20. The first-order chi connectivity index (χ1) is 13.6. The third-order valence-electron chi connectivity index (χ3n) is 4.26. The van der Waals surface area contributed by atoms with E-state index in [1.54, 1.807) is 31.4 Å². The van der Waals surface area contributed by atoms with E-state index in [-0.39, 0.29) is 11.3 Å². The summed E-state index contributed by atoms with van der Waals surface area (Å²) in [6, 6.07) is 16.4. The van der Waals surface area contributed by atoms with E-state index in [4.69, 9.17) is 13.9 Å². The number of aromatic hydroxyl groups is 1. The number of rotatable bonds is 4. The molecule has 4 rings (SSSR count). The minimum Gasteiger partial charge on any atom is -0.503 e. The van der Waals surface area contributed by atoms with Gasteiger partial charge in [0.25, 0.3) is 0 Å². The number of methoxy groups -OCH3 is 2. The average molecular weight is 376 g/mol. The number of ether oxygens (including phenoxy) is 2. The molecule has 0 unspecified atom stereocenters. The van der Waals surface area contributed by atoms with Gasteiger partial charge in [-0.15, -0.1) is 0 Å². The fourth-order valence-electron chi connectivity index (χ4n) is 2.88. The number of pyridine rings is 1. The SMILES string of the molecule is COC(=O)c1nc(-c2cccc(OC)c2)c2nc(-c3ccccc3)oc2c1O. The van der Waals surface area contributed by atoms with E-state index in [0.29, 0.717) is 28.4 Å². The van der Waals surface area contributed by atoms with Gasteiger partial charge >= 0.3 is 5.97 Å². The Morgan fingerprint density at radius 3 is 2.46 bits per heavy atom. The molecule has 7 nitrogen and oxygen atoms in total. The van der Waals surface area contributed by atoms with Gasteiger partial charge in [-0.3, -0.25) is 0 Å². The number of carbonyl (C=O) groups excluding carboxylic acids is 1. The topological polar surface area (TPSA) is 94.7 Å². The molecule has 28 heavy (non-hydrogen) atoms. The van der Waals surface area contributed by atoms with Gasteiger partial charge in [-0.25, -0.2) is 14.8 Å². The lowest BCUT2D eigenvalue weighted by Gasteiger charge is -2.08. The van der Waals surface area contributed by atoms with Gasteiger partial charge in [0.15, 0.2) is 11.4 Å². The summed E-state index contributed by atoms with van der Waals surface area (Å²) in [5, 5.41) is 10.6. The second kappa shape index (κ2) is 7.03. The molecule has 2 aromatic heterocycles. The molecule has 0 aliphatic heterocycles. The summed E-state index contributed by atoms with van der Waals surface area (Å²) in [5.74, 6) is -0.268. The van der Waals surface area contributed by atoms with Crippen LogP contribution in [0.2, 0.25) is 0 Å². The second-order valence-electron chi connectivity index (χ2n) is 5.94. The molecule has 1 N–H and O–H groups in total. The summed E-state index contributed by atoms with van der Waals surface area (Å²) in [4.78, 5) is 21.0. The van der Waals surface area contributed by atoms with E-state index < -0.39 is 11.7 Å². The highest BCUT2D eigenvalue weighted by Gasteiger charge is 2.25. The van der Waals surface area contributed by atoms with Crippen LogP contribution < -0.4 is 4.74 Å². The quantitative estimate of drug-likeness (QED) is 0.537. The number of hydrogen-bond donors (Lipinski definition) is 1. The van der Waals surface area contributed by atoms with Gasteiger partial charge < -0.3 is 19.0 Å². The molecule has 0 spiro atoms. The predicted molar refractivity (Wildman–Crippen MR) is 102 cm³/mol. The zero-order valence-electron chi connectivity index (χ0n) is 15.2. The van der Waals surface area contributed by atoms with Crippen LogP contribution in [0.4, 0.5) is 0 Å². The van der Waals surface area contributed by atoms with Crippen molar-refractivity contribution in [2.75, 3.05) is 14.2 Å². The molecule has 0 atom stereocenters. The molecule has 0 saturated carbocycles. The highest BCUT2D eigenvalue weighted by atomic mass is 16.5. The van der Waals surface area contributed by atoms with Crippen LogP contribution in [0, 0.1) is 0 Å². The molecule has 0 saturated heterocycles. The lowest BCUT2D eigenvalue weighted by atomic mass is 10.1. The van der Waals surface area contributed by atoms with Crippen LogP contribution in [0.25, 0.3) is 33.8 Å². The molecular weight excluding hydrogens is 360 g/mol. The van der Waals surface area contributed by atoms with E-state index in [0.717, 1.165) is 5.56 Å². The maximum atomic E-state index is 12.1. The fraction of sp³-hybridized carbons (Fsp3) is 0.0952. The molecule has 0 amide bonds. The van der Waals surface area contributed by atoms with E-state index in [9.17, 15) is 9.90 Å². The summed E-state index contributed by atoms with van der Waals surface area (Å²) in [6.07, 6.45) is 0. The molecule has 0 aliphatic carbocycles. The molecule has 140 valence electrons. The largest absolute Gasteiger partial charge is 0.503 e. The van der Waals surface area contributed by atoms with E-state index >= 15 is 0 Å². The van der Waals surface area contributed by atoms with Crippen molar-refractivity contribution < 1.29 is 23.8 Å². The molecule has 0 bridgehead atoms. The highest BCUT2D eigenvalue weighted by Crippen LogP contribution is 2.38. The number of carbonyl (C=O) groups is 1. The van der Waals surface area contributed by atoms with Gasteiger partial charge in [-0.1, -0.05) is 30.3 Å². The van der Waals surface area contributed by atoms with Gasteiger partial charge in [0.1, 0.15) is 17.0 Å². The van der Waals surface area contributed by atoms with Crippen molar-refractivity contribution in [2.45, 2.75) is 0 Å². The van der Waals surface area contributed by atoms with Crippen LogP contribution in [-0.2, 0) is 4.74 Å². The second-order valence-corrected chi connectivity index (χ2v) is 5.94. The van der Waals surface area contributed by atoms with Crippen LogP contribution in [0.3, 0.4) is 0 Å². The normalized spacial score (nSPS) is 10.8. The Labute approximate surface area is 160 Å². The summed E-state index contributed by atoms with van der Waals surface area (Å²) in [5.41, 5.74) is 1.91. The summed E-state index contributed by atoms with van der Waals surface area (Å²) in [6.45, 7) is 0. The lowest BCUT2D eigenvalue weighted by Crippen LogP contribution is -2.06. The molecule has 0 fully saturated rings. The maximum Gasteiger partial charge on any atom is 0.360 e. The van der Waals surface area contributed by atoms with Crippen molar-refractivity contribution in [1.82, 2.24) is 9.97 Å². The maximum absolute atomic E-state index is 12.1. The van der Waals surface area contributed by atoms with Crippen molar-refractivity contribution >= 4 is 17.1 Å². The number of fused-ring (bicyclic) bond motifs is 1. The molecule has 2 aromatic carbocycles. The summed E-state index contributed by atoms with van der Waals surface area (Å²) in [7, 11) is 2.77. The fourth-order valence-corrected chi connectivity index (χ4v) is 2.88. The third-order valence-corrected chi connectivity index (χ3v) is 4.26. The minimum absolute atomic E-state index is 0.0621. The van der Waals surface area contributed by atoms with Gasteiger partial charge in [-0.05, 0) is 24.3 Å². The van der Waals surface area contributed by atoms with Gasteiger partial charge in [-0.2, -0.15) is 0 Å². The molecule has 0 aliphatic rings. The smallest absolute Gasteiger partial charge is 0.360 e. The standard InChI is InChI=1S/C21H16N2O5/c1-26-14-10-6-9-13(11-14)15-16-19(18(24)17(22-15)21(25)27-2)28-20(23-16)12-7-4-3-5-8-12/h3-11,24H,1-2H3. The van der Waals surface area contributed by atoms with Crippen molar-refractivity contribution in [2.24, 2.45) is 0 Å². The molecule has 0 radical (unpaired) electrons. The molecule has 4 aromatic rings. The Morgan fingerprint density at radius 2 is 1.75 bits per heavy atom. The van der Waals surface area contributed by atoms with Crippen LogP contribution in [0.1, 0.15) is 10.5 Å². The third kappa shape index (κ3) is 2.92. The number of aromatic nitrogens is 2. The zero-order chi connectivity index (χ0) is 19.7. The van der Waals surface area contributed by atoms with E-state index in [2.05, 4.69) is 9.97 Å². The Balaban J connectivity index is 2.02. The van der Waals surface area contributed by atoms with E-state index in [1.165, 1.54) is 7.11 Å². The highest BCUT2D eigenvalue weighted by molar-refractivity contribution is 6.01. The van der Waals surface area contributed by atoms with Crippen LogP contribution in [0.15, 0.2) is 59.0 Å². The number of hydrogen-bond acceptors (Lipinski definition) is 7. The van der Waals surface area contributed by atoms with Crippen molar-refractivity contribution in [1.29, 1.82) is 0 Å². The zero-order valence-corrected chi connectivity index (χ0v) is 15.2. The van der Waals surface area contributed by atoms with Crippen LogP contribution in [0.5, 0.6) is 11.5 Å². The summed E-state index contributed by atoms with van der Waals surface area (Å²) >= 11 is 0. The van der Waals surface area contributed by atoms with Gasteiger partial charge in [0, 0.05) is 11.1 Å².